The summed E-state index contributed by atoms with van der Waals surface area (Å²) in [6, 6.07) is -0.124. The molecule has 0 aromatic carbocycles. The van der Waals surface area contributed by atoms with Crippen molar-refractivity contribution in [2.75, 3.05) is 36.8 Å². The zero-order chi connectivity index (χ0) is 22.6. The van der Waals surface area contributed by atoms with E-state index in [1.807, 2.05) is 49.3 Å². The molecule has 0 aliphatic carbocycles. The first-order valence-electron chi connectivity index (χ1n) is 10.8. The Morgan fingerprint density at radius 1 is 1.03 bits per heavy atom. The van der Waals surface area contributed by atoms with E-state index in [0.29, 0.717) is 43.6 Å². The number of carbonyl (C=O) groups excluding carboxylic acids is 2. The van der Waals surface area contributed by atoms with Crippen LogP contribution in [0.2, 0.25) is 0 Å². The average Bonchev–Trinajstić information content (AvgIpc) is 2.94. The molecular formula is C22H36N6O2. The second-order valence-corrected chi connectivity index (χ2v) is 10.8. The second kappa shape index (κ2) is 7.39. The van der Waals surface area contributed by atoms with Gasteiger partial charge in [-0.25, -0.2) is 4.98 Å². The molecule has 1 atom stereocenters. The van der Waals surface area contributed by atoms with Gasteiger partial charge in [0.15, 0.2) is 0 Å². The molecule has 1 fully saturated rings. The molecule has 8 heteroatoms. The Morgan fingerprint density at radius 2 is 1.60 bits per heavy atom. The van der Waals surface area contributed by atoms with E-state index in [4.69, 9.17) is 5.73 Å². The second-order valence-electron chi connectivity index (χ2n) is 10.8. The van der Waals surface area contributed by atoms with Gasteiger partial charge in [0.1, 0.15) is 11.5 Å². The van der Waals surface area contributed by atoms with Gasteiger partial charge in [0.2, 0.25) is 11.9 Å². The Hall–Kier alpha value is -2.38. The molecule has 166 valence electrons. The molecule has 2 aliphatic rings. The summed E-state index contributed by atoms with van der Waals surface area (Å²) in [5.74, 6) is 0.907. The third-order valence-corrected chi connectivity index (χ3v) is 5.82. The van der Waals surface area contributed by atoms with Gasteiger partial charge in [0.25, 0.3) is 5.91 Å². The fraction of sp³-hybridized carbons (Fsp3) is 0.727. The maximum Gasteiger partial charge on any atom is 0.273 e. The number of fused-ring (bicyclic) bond motifs is 1. The number of aromatic nitrogens is 2. The van der Waals surface area contributed by atoms with Crippen LogP contribution in [0.5, 0.6) is 0 Å². The fourth-order valence-corrected chi connectivity index (χ4v) is 4.39. The Morgan fingerprint density at radius 3 is 2.07 bits per heavy atom. The Balaban J connectivity index is 1.89. The van der Waals surface area contributed by atoms with Crippen LogP contribution in [-0.2, 0) is 4.79 Å². The van der Waals surface area contributed by atoms with Gasteiger partial charge in [-0.1, -0.05) is 41.5 Å². The van der Waals surface area contributed by atoms with Gasteiger partial charge in [-0.3, -0.25) is 9.59 Å². The average molecular weight is 417 g/mol. The zero-order valence-corrected chi connectivity index (χ0v) is 19.6. The molecular weight excluding hydrogens is 380 g/mol. The number of nitrogens with zero attached hydrogens (tertiary/aromatic N) is 5. The summed E-state index contributed by atoms with van der Waals surface area (Å²) in [5, 5.41) is 0. The molecule has 1 aromatic heterocycles. The van der Waals surface area contributed by atoms with Crippen molar-refractivity contribution in [3.05, 3.63) is 11.3 Å². The van der Waals surface area contributed by atoms with Crippen LogP contribution < -0.4 is 10.6 Å². The fourth-order valence-electron chi connectivity index (χ4n) is 4.39. The normalized spacial score (nSPS) is 20.2. The summed E-state index contributed by atoms with van der Waals surface area (Å²) in [5.41, 5.74) is 6.97. The quantitative estimate of drug-likeness (QED) is 0.796. The first kappa shape index (κ1) is 22.3. The molecule has 2 aliphatic heterocycles. The van der Waals surface area contributed by atoms with Gasteiger partial charge in [-0.15, -0.1) is 0 Å². The van der Waals surface area contributed by atoms with Crippen LogP contribution >= 0.6 is 0 Å². The smallest absolute Gasteiger partial charge is 0.273 e. The van der Waals surface area contributed by atoms with Gasteiger partial charge in [0, 0.05) is 43.2 Å². The Labute approximate surface area is 179 Å². The molecule has 1 saturated heterocycles. The molecule has 1 unspecified atom stereocenters. The van der Waals surface area contributed by atoms with Gasteiger partial charge >= 0.3 is 0 Å². The van der Waals surface area contributed by atoms with Crippen molar-refractivity contribution in [3.63, 3.8) is 0 Å². The summed E-state index contributed by atoms with van der Waals surface area (Å²) in [7, 11) is 0. The van der Waals surface area contributed by atoms with Crippen LogP contribution in [0.15, 0.2) is 0 Å². The van der Waals surface area contributed by atoms with Gasteiger partial charge in [0.05, 0.1) is 6.04 Å². The highest BCUT2D eigenvalue weighted by Crippen LogP contribution is 2.47. The third kappa shape index (κ3) is 3.84. The first-order valence-corrected chi connectivity index (χ1v) is 10.8. The van der Waals surface area contributed by atoms with Crippen LogP contribution in [0.4, 0.5) is 11.8 Å². The monoisotopic (exact) mass is 416 g/mol. The number of carbonyl (C=O) groups is 2. The first-order chi connectivity index (χ1) is 13.7. The zero-order valence-electron chi connectivity index (χ0n) is 19.6. The van der Waals surface area contributed by atoms with Crippen molar-refractivity contribution in [2.24, 2.45) is 10.8 Å². The number of amides is 2. The highest BCUT2D eigenvalue weighted by atomic mass is 16.2. The van der Waals surface area contributed by atoms with Crippen LogP contribution in [0.3, 0.4) is 0 Å². The number of nitrogens with two attached hydrogens (primary N) is 1. The number of hydrogen-bond acceptors (Lipinski definition) is 6. The number of anilines is 2. The van der Waals surface area contributed by atoms with Crippen LogP contribution in [-0.4, -0.2) is 63.8 Å². The van der Waals surface area contributed by atoms with E-state index in [1.54, 1.807) is 0 Å². The summed E-state index contributed by atoms with van der Waals surface area (Å²) >= 11 is 0. The van der Waals surface area contributed by atoms with Crippen molar-refractivity contribution in [2.45, 2.75) is 67.5 Å². The molecule has 2 amide bonds. The lowest BCUT2D eigenvalue weighted by atomic mass is 9.82. The molecule has 2 N–H and O–H groups in total. The van der Waals surface area contributed by atoms with Gasteiger partial charge in [-0.05, 0) is 19.3 Å². The van der Waals surface area contributed by atoms with E-state index in [-0.39, 0.29) is 29.3 Å². The largest absolute Gasteiger partial charge is 0.383 e. The highest BCUT2D eigenvalue weighted by Gasteiger charge is 2.47. The number of rotatable bonds is 2. The maximum atomic E-state index is 13.2. The van der Waals surface area contributed by atoms with Crippen molar-refractivity contribution in [3.8, 4) is 0 Å². The van der Waals surface area contributed by atoms with Crippen molar-refractivity contribution >= 4 is 23.6 Å². The predicted octanol–water partition coefficient (Wildman–Crippen LogP) is 2.70. The van der Waals surface area contributed by atoms with Crippen LogP contribution in [0.25, 0.3) is 0 Å². The summed E-state index contributed by atoms with van der Waals surface area (Å²) < 4.78 is 0. The lowest BCUT2D eigenvalue weighted by Crippen LogP contribution is -2.52. The minimum atomic E-state index is -0.397. The number of hydrogen-bond donors (Lipinski definition) is 1. The summed E-state index contributed by atoms with van der Waals surface area (Å²) in [4.78, 5) is 40.8. The lowest BCUT2D eigenvalue weighted by molar-refractivity contribution is -0.139. The van der Waals surface area contributed by atoms with E-state index in [1.165, 1.54) is 0 Å². The maximum absolute atomic E-state index is 13.2. The highest BCUT2D eigenvalue weighted by molar-refractivity contribution is 5.99. The van der Waals surface area contributed by atoms with E-state index >= 15 is 0 Å². The summed E-state index contributed by atoms with van der Waals surface area (Å²) in [6.07, 6.45) is 0. The van der Waals surface area contributed by atoms with Crippen LogP contribution in [0, 0.1) is 10.8 Å². The number of nitrogen functional groups attached to an aromatic ring is 1. The molecule has 0 saturated carbocycles. The van der Waals surface area contributed by atoms with Crippen LogP contribution in [0.1, 0.15) is 77.5 Å². The molecule has 0 bridgehead atoms. The SMILES string of the molecule is CC(C)N1C(=O)c2nc(N3CCN(C(=O)C(C)(C)C)CC3)nc(N)c2C1C(C)(C)C. The molecule has 3 heterocycles. The Bertz CT molecular complexity index is 844. The van der Waals surface area contributed by atoms with E-state index in [9.17, 15) is 9.59 Å². The number of piperazine rings is 1. The molecule has 30 heavy (non-hydrogen) atoms. The summed E-state index contributed by atoms with van der Waals surface area (Å²) in [6.45, 7) is 18.6. The topological polar surface area (TPSA) is 95.7 Å². The lowest BCUT2D eigenvalue weighted by Gasteiger charge is -2.38. The standard InChI is InChI=1S/C22H36N6O2/c1-13(2)28-16(21(3,4)5)14-15(18(28)29)24-20(25-17(14)23)27-11-9-26(10-12-27)19(30)22(6,7)8/h13,16H,9-12H2,1-8H3,(H2,23,24,25). The molecule has 3 rings (SSSR count). The molecule has 0 radical (unpaired) electrons. The van der Waals surface area contributed by atoms with E-state index < -0.39 is 5.41 Å². The van der Waals surface area contributed by atoms with E-state index in [0.717, 1.165) is 5.56 Å². The van der Waals surface area contributed by atoms with Gasteiger partial charge < -0.3 is 20.4 Å². The minimum Gasteiger partial charge on any atom is -0.383 e. The molecule has 0 spiro atoms. The van der Waals surface area contributed by atoms with Crippen molar-refractivity contribution in [1.29, 1.82) is 0 Å². The van der Waals surface area contributed by atoms with Gasteiger partial charge in [-0.2, -0.15) is 4.98 Å². The molecule has 1 aromatic rings. The van der Waals surface area contributed by atoms with E-state index in [2.05, 4.69) is 30.7 Å². The minimum absolute atomic E-state index is 0.0331. The Kier molecular flexibility index (Phi) is 5.50. The van der Waals surface area contributed by atoms with Crippen molar-refractivity contribution < 1.29 is 9.59 Å². The molecule has 8 nitrogen and oxygen atoms in total. The van der Waals surface area contributed by atoms with Crippen molar-refractivity contribution in [1.82, 2.24) is 19.8 Å². The third-order valence-electron chi connectivity index (χ3n) is 5.82. The predicted molar refractivity (Wildman–Crippen MR) is 118 cm³/mol.